The van der Waals surface area contributed by atoms with Crippen LogP contribution in [0.5, 0.6) is 0 Å². The highest BCUT2D eigenvalue weighted by molar-refractivity contribution is 8.01. The molecule has 0 bridgehead atoms. The summed E-state index contributed by atoms with van der Waals surface area (Å²) in [6, 6.07) is 27.3. The van der Waals surface area contributed by atoms with Crippen LogP contribution in [0.2, 0.25) is 0 Å². The maximum atomic E-state index is 14.1. The smallest absolute Gasteiger partial charge is 0.352 e. The Hall–Kier alpha value is -5.59. The van der Waals surface area contributed by atoms with Gasteiger partial charge in [-0.2, -0.15) is 9.36 Å². The Bertz CT molecular complexity index is 2050. The topological polar surface area (TPSA) is 204 Å². The standard InChI is InChI=1S/C33H28N10O5S3/c1-42-32(37-40-41-42)50-18-19-17-49-29-24(28(45)43(29)25(19)30(46)47)35-27(44)23(26-36-31(34)51-39-26)38-48-33(20-11-5-2-6-12-20,21-13-7-3-8-14-21)22-15-9-4-10-16-22/h2-16,24,29H,17-18H2,1H3,(H,35,44)(H,46,47)(H2,34,36,39)/b38-23-/t24?,29-/m1/s1. The summed E-state index contributed by atoms with van der Waals surface area (Å²) in [6.07, 6.45) is 0. The number of aryl methyl sites for hydroxylation is 1. The third-order valence-corrected chi connectivity index (χ3v) is 11.2. The second-order valence-electron chi connectivity index (χ2n) is 11.3. The minimum atomic E-state index is -1.32. The molecule has 18 heteroatoms. The summed E-state index contributed by atoms with van der Waals surface area (Å²) in [7, 11) is 1.68. The van der Waals surface area contributed by atoms with Crippen molar-refractivity contribution < 1.29 is 24.3 Å². The van der Waals surface area contributed by atoms with Crippen molar-refractivity contribution in [1.29, 1.82) is 0 Å². The first-order valence-electron chi connectivity index (χ1n) is 15.4. The van der Waals surface area contributed by atoms with Gasteiger partial charge in [0.15, 0.2) is 5.13 Å². The average Bonchev–Trinajstić information content (AvgIpc) is 3.78. The number of aromatic nitrogens is 6. The molecule has 0 saturated carbocycles. The molecular formula is C33H28N10O5S3. The van der Waals surface area contributed by atoms with E-state index < -0.39 is 34.8 Å². The Kier molecular flexibility index (Phi) is 9.52. The van der Waals surface area contributed by atoms with E-state index in [1.807, 2.05) is 91.0 Å². The van der Waals surface area contributed by atoms with Crippen LogP contribution in [0.3, 0.4) is 0 Å². The van der Waals surface area contributed by atoms with E-state index in [0.717, 1.165) is 28.2 Å². The van der Waals surface area contributed by atoms with Crippen molar-refractivity contribution >= 4 is 63.7 Å². The SMILES string of the molecule is Cn1nnnc1SCC1=C(C(=O)O)N2C(=O)C(NC(=O)/C(=N\OC(c3ccccc3)(c3ccccc3)c3ccccc3)c3nsc(N)n3)[C@H]2SC1. The lowest BCUT2D eigenvalue weighted by molar-refractivity contribution is -0.150. The summed E-state index contributed by atoms with van der Waals surface area (Å²) < 4.78 is 5.71. The summed E-state index contributed by atoms with van der Waals surface area (Å²) in [6.45, 7) is 0. The Morgan fingerprint density at radius 3 is 2.16 bits per heavy atom. The third-order valence-electron chi connectivity index (χ3n) is 8.18. The molecule has 3 aromatic carbocycles. The average molecular weight is 741 g/mol. The van der Waals surface area contributed by atoms with E-state index in [-0.39, 0.29) is 28.1 Å². The van der Waals surface area contributed by atoms with Crippen molar-refractivity contribution in [2.24, 2.45) is 12.2 Å². The number of β-lactam (4-membered cyclic amide) rings is 1. The summed E-state index contributed by atoms with van der Waals surface area (Å²) in [5, 5.41) is 28.5. The molecule has 5 aromatic rings. The lowest BCUT2D eigenvalue weighted by Crippen LogP contribution is -2.71. The van der Waals surface area contributed by atoms with Crippen LogP contribution in [0, 0.1) is 0 Å². The van der Waals surface area contributed by atoms with Crippen LogP contribution >= 0.6 is 35.1 Å². The molecule has 4 N–H and O–H groups in total. The van der Waals surface area contributed by atoms with Gasteiger partial charge >= 0.3 is 5.97 Å². The zero-order valence-corrected chi connectivity index (χ0v) is 29.1. The van der Waals surface area contributed by atoms with E-state index in [0.29, 0.717) is 16.5 Å². The minimum Gasteiger partial charge on any atom is -0.477 e. The number of anilines is 1. The molecule has 4 heterocycles. The summed E-state index contributed by atoms with van der Waals surface area (Å²) in [4.78, 5) is 52.0. The van der Waals surface area contributed by atoms with E-state index in [2.05, 4.69) is 35.4 Å². The Labute approximate surface area is 303 Å². The van der Waals surface area contributed by atoms with Crippen LogP contribution in [-0.4, -0.2) is 86.0 Å². The van der Waals surface area contributed by atoms with Gasteiger partial charge in [-0.3, -0.25) is 14.5 Å². The molecule has 51 heavy (non-hydrogen) atoms. The first-order valence-corrected chi connectivity index (χ1v) is 18.2. The number of tetrazole rings is 1. The Morgan fingerprint density at radius 2 is 1.65 bits per heavy atom. The van der Waals surface area contributed by atoms with Crippen molar-refractivity contribution in [2.75, 3.05) is 17.2 Å². The van der Waals surface area contributed by atoms with Crippen LogP contribution < -0.4 is 11.1 Å². The number of fused-ring (bicyclic) bond motifs is 1. The number of carboxylic acids is 1. The molecule has 2 amide bonds. The molecule has 0 radical (unpaired) electrons. The number of nitrogen functional groups attached to an aromatic ring is 1. The van der Waals surface area contributed by atoms with Crippen LogP contribution in [0.4, 0.5) is 5.13 Å². The Balaban J connectivity index is 1.21. The maximum Gasteiger partial charge on any atom is 0.352 e. The normalized spacial score (nSPS) is 17.5. The van der Waals surface area contributed by atoms with Gasteiger partial charge in [-0.15, -0.1) is 16.9 Å². The molecule has 1 unspecified atom stereocenters. The second kappa shape index (κ2) is 14.3. The summed E-state index contributed by atoms with van der Waals surface area (Å²) in [5.41, 5.74) is 6.89. The van der Waals surface area contributed by atoms with Gasteiger partial charge in [-0.25, -0.2) is 9.48 Å². The zero-order chi connectivity index (χ0) is 35.5. The predicted molar refractivity (Wildman–Crippen MR) is 190 cm³/mol. The van der Waals surface area contributed by atoms with Crippen molar-refractivity contribution in [3.8, 4) is 0 Å². The summed E-state index contributed by atoms with van der Waals surface area (Å²) in [5.74, 6) is -2.16. The number of thioether (sulfide) groups is 2. The molecule has 7 rings (SSSR count). The van der Waals surface area contributed by atoms with Crippen LogP contribution in [0.25, 0.3) is 0 Å². The number of benzene rings is 3. The molecule has 1 fully saturated rings. The number of carbonyl (C=O) groups is 3. The van der Waals surface area contributed by atoms with Gasteiger partial charge in [0.25, 0.3) is 11.8 Å². The zero-order valence-electron chi connectivity index (χ0n) is 26.7. The highest BCUT2D eigenvalue weighted by Crippen LogP contribution is 2.42. The fourth-order valence-corrected chi connectivity index (χ4v) is 8.57. The number of carbonyl (C=O) groups excluding carboxylic acids is 2. The molecule has 2 aliphatic rings. The first kappa shape index (κ1) is 33.9. The molecule has 2 aliphatic heterocycles. The molecule has 15 nitrogen and oxygen atoms in total. The van der Waals surface area contributed by atoms with Gasteiger partial charge in [0.2, 0.25) is 22.3 Å². The van der Waals surface area contributed by atoms with E-state index in [9.17, 15) is 19.5 Å². The number of amides is 2. The monoisotopic (exact) mass is 740 g/mol. The number of aliphatic carboxylic acids is 1. The highest BCUT2D eigenvalue weighted by Gasteiger charge is 2.54. The van der Waals surface area contributed by atoms with Gasteiger partial charge in [-0.1, -0.05) is 108 Å². The number of rotatable bonds is 12. The number of hydrogen-bond donors (Lipinski definition) is 3. The van der Waals surface area contributed by atoms with E-state index in [1.54, 1.807) is 7.05 Å². The molecule has 1 saturated heterocycles. The van der Waals surface area contributed by atoms with Crippen LogP contribution in [0.15, 0.2) is 113 Å². The van der Waals surface area contributed by atoms with Gasteiger partial charge in [-0.05, 0) is 16.0 Å². The van der Waals surface area contributed by atoms with Crippen molar-refractivity contribution in [2.45, 2.75) is 22.2 Å². The lowest BCUT2D eigenvalue weighted by Gasteiger charge is -2.49. The number of oxime groups is 1. The fourth-order valence-electron chi connectivity index (χ4n) is 5.81. The number of nitrogens with one attached hydrogen (secondary N) is 1. The predicted octanol–water partition coefficient (Wildman–Crippen LogP) is 2.89. The molecular weight excluding hydrogens is 713 g/mol. The van der Waals surface area contributed by atoms with Crippen LogP contribution in [0.1, 0.15) is 22.5 Å². The first-order chi connectivity index (χ1) is 24.8. The number of hydrogen-bond acceptors (Lipinski definition) is 14. The largest absolute Gasteiger partial charge is 0.477 e. The highest BCUT2D eigenvalue weighted by atomic mass is 32.2. The minimum absolute atomic E-state index is 0.0956. The molecule has 258 valence electrons. The number of nitrogens with two attached hydrogens (primary N) is 1. The van der Waals surface area contributed by atoms with Gasteiger partial charge < -0.3 is 21.0 Å². The van der Waals surface area contributed by atoms with E-state index in [4.69, 9.17) is 10.6 Å². The lowest BCUT2D eigenvalue weighted by atomic mass is 9.80. The fraction of sp³-hybridized carbons (Fsp3) is 0.182. The van der Waals surface area contributed by atoms with E-state index >= 15 is 0 Å². The molecule has 2 aromatic heterocycles. The van der Waals surface area contributed by atoms with Crippen molar-refractivity contribution in [1.82, 2.24) is 39.8 Å². The number of carboxylic acid groups (broad SMARTS) is 1. The van der Waals surface area contributed by atoms with Gasteiger partial charge in [0, 0.05) is 46.8 Å². The maximum absolute atomic E-state index is 14.1. The quantitative estimate of drug-likeness (QED) is 0.0554. The molecule has 0 aliphatic carbocycles. The van der Waals surface area contributed by atoms with E-state index in [1.165, 1.54) is 33.1 Å². The molecule has 0 spiro atoms. The van der Waals surface area contributed by atoms with Crippen molar-refractivity contribution in [3.63, 3.8) is 0 Å². The summed E-state index contributed by atoms with van der Waals surface area (Å²) >= 11 is 3.47. The van der Waals surface area contributed by atoms with Gasteiger partial charge in [0.05, 0.1) is 0 Å². The molecule has 2 atom stereocenters. The third kappa shape index (κ3) is 6.44. The van der Waals surface area contributed by atoms with Crippen LogP contribution in [-0.2, 0) is 31.9 Å². The Morgan fingerprint density at radius 1 is 1.04 bits per heavy atom. The number of nitrogens with zero attached hydrogens (tertiary/aromatic N) is 8. The van der Waals surface area contributed by atoms with Crippen molar-refractivity contribution in [3.05, 3.63) is 125 Å². The van der Waals surface area contributed by atoms with Gasteiger partial charge in [0.1, 0.15) is 17.1 Å². The second-order valence-corrected chi connectivity index (χ2v) is 14.1.